The van der Waals surface area contributed by atoms with Crippen molar-refractivity contribution in [2.24, 2.45) is 0 Å². The quantitative estimate of drug-likeness (QED) is 0.576. The van der Waals surface area contributed by atoms with Gasteiger partial charge in [0, 0.05) is 5.69 Å². The molecule has 0 spiro atoms. The van der Waals surface area contributed by atoms with E-state index in [4.69, 9.17) is 5.73 Å². The fraction of sp³-hybridized carbons (Fsp3) is 0.333. The topological polar surface area (TPSA) is 26.0 Å². The van der Waals surface area contributed by atoms with Gasteiger partial charge in [-0.1, -0.05) is 12.1 Å². The zero-order valence-corrected chi connectivity index (χ0v) is 7.70. The standard InChI is InChI=1S/C9H8F5N/c1-5-3-2-4-6(15)7(5)8(10,11)9(12,13)14/h2-4H,15H2,1H3. The third kappa shape index (κ3) is 1.88. The highest BCUT2D eigenvalue weighted by Crippen LogP contribution is 2.46. The lowest BCUT2D eigenvalue weighted by atomic mass is 10.00. The first kappa shape index (κ1) is 11.7. The minimum Gasteiger partial charge on any atom is -0.398 e. The van der Waals surface area contributed by atoms with Crippen LogP contribution in [0.25, 0.3) is 0 Å². The predicted octanol–water partition coefficient (Wildman–Crippen LogP) is 3.23. The molecule has 0 aliphatic rings. The summed E-state index contributed by atoms with van der Waals surface area (Å²) in [6.45, 7) is 1.16. The van der Waals surface area contributed by atoms with Crippen molar-refractivity contribution in [2.75, 3.05) is 5.73 Å². The molecule has 0 atom stereocenters. The molecule has 15 heavy (non-hydrogen) atoms. The number of benzene rings is 1. The average molecular weight is 225 g/mol. The van der Waals surface area contributed by atoms with Gasteiger partial charge in [0.1, 0.15) is 0 Å². The Labute approximate surface area is 82.7 Å². The van der Waals surface area contributed by atoms with E-state index in [0.29, 0.717) is 0 Å². The predicted molar refractivity (Wildman–Crippen MR) is 45.5 cm³/mol. The summed E-state index contributed by atoms with van der Waals surface area (Å²) in [5.41, 5.74) is 3.21. The molecule has 1 nitrogen and oxygen atoms in total. The van der Waals surface area contributed by atoms with Crippen molar-refractivity contribution in [3.05, 3.63) is 29.3 Å². The number of rotatable bonds is 1. The van der Waals surface area contributed by atoms with Gasteiger partial charge in [0.2, 0.25) is 0 Å². The third-order valence-electron chi connectivity index (χ3n) is 1.98. The van der Waals surface area contributed by atoms with E-state index in [1.54, 1.807) is 0 Å². The molecular formula is C9H8F5N. The number of alkyl halides is 5. The van der Waals surface area contributed by atoms with Crippen molar-refractivity contribution >= 4 is 5.69 Å². The summed E-state index contributed by atoms with van der Waals surface area (Å²) < 4.78 is 62.2. The Morgan fingerprint density at radius 1 is 1.07 bits per heavy atom. The maximum Gasteiger partial charge on any atom is 0.458 e. The van der Waals surface area contributed by atoms with Crippen molar-refractivity contribution in [3.63, 3.8) is 0 Å². The van der Waals surface area contributed by atoms with Gasteiger partial charge in [0.05, 0.1) is 5.56 Å². The van der Waals surface area contributed by atoms with Crippen molar-refractivity contribution < 1.29 is 22.0 Å². The number of aryl methyl sites for hydroxylation is 1. The molecule has 0 saturated heterocycles. The Kier molecular flexibility index (Phi) is 2.63. The van der Waals surface area contributed by atoms with Crippen LogP contribution in [0.15, 0.2) is 18.2 Å². The van der Waals surface area contributed by atoms with Crippen LogP contribution >= 0.6 is 0 Å². The van der Waals surface area contributed by atoms with E-state index in [1.807, 2.05) is 0 Å². The molecule has 0 radical (unpaired) electrons. The Morgan fingerprint density at radius 2 is 1.60 bits per heavy atom. The third-order valence-corrected chi connectivity index (χ3v) is 1.98. The molecule has 1 rings (SSSR count). The summed E-state index contributed by atoms with van der Waals surface area (Å²) in [6, 6.07) is 3.49. The number of hydrogen-bond donors (Lipinski definition) is 1. The van der Waals surface area contributed by atoms with Gasteiger partial charge in [-0.15, -0.1) is 0 Å². The molecule has 84 valence electrons. The smallest absolute Gasteiger partial charge is 0.398 e. The Morgan fingerprint density at radius 3 is 2.00 bits per heavy atom. The summed E-state index contributed by atoms with van der Waals surface area (Å²) in [4.78, 5) is 0. The zero-order valence-electron chi connectivity index (χ0n) is 7.70. The molecule has 0 amide bonds. The zero-order chi connectivity index (χ0) is 11.9. The van der Waals surface area contributed by atoms with E-state index < -0.39 is 23.3 Å². The van der Waals surface area contributed by atoms with Crippen LogP contribution in [0.3, 0.4) is 0 Å². The minimum atomic E-state index is -5.63. The van der Waals surface area contributed by atoms with Crippen LogP contribution < -0.4 is 5.73 Å². The number of nitrogen functional groups attached to an aromatic ring is 1. The van der Waals surface area contributed by atoms with E-state index in [-0.39, 0.29) is 5.56 Å². The maximum absolute atomic E-state index is 13.0. The van der Waals surface area contributed by atoms with Crippen LogP contribution in [-0.2, 0) is 5.92 Å². The Hall–Kier alpha value is -1.33. The SMILES string of the molecule is Cc1cccc(N)c1C(F)(F)C(F)(F)F. The highest BCUT2D eigenvalue weighted by molar-refractivity contribution is 5.53. The Bertz CT molecular complexity index is 349. The van der Waals surface area contributed by atoms with E-state index in [2.05, 4.69) is 0 Å². The van der Waals surface area contributed by atoms with Gasteiger partial charge in [-0.25, -0.2) is 0 Å². The number of halogens is 5. The molecule has 0 aliphatic carbocycles. The molecule has 0 saturated carbocycles. The van der Waals surface area contributed by atoms with E-state index in [0.717, 1.165) is 19.1 Å². The first-order valence-corrected chi connectivity index (χ1v) is 3.98. The normalized spacial score (nSPS) is 12.9. The summed E-state index contributed by atoms with van der Waals surface area (Å²) in [7, 11) is 0. The van der Waals surface area contributed by atoms with Crippen LogP contribution in [0.1, 0.15) is 11.1 Å². The van der Waals surface area contributed by atoms with E-state index in [9.17, 15) is 22.0 Å². The van der Waals surface area contributed by atoms with Gasteiger partial charge in [-0.2, -0.15) is 22.0 Å². The molecule has 1 aromatic rings. The van der Waals surface area contributed by atoms with Crippen LogP contribution in [0.4, 0.5) is 27.6 Å². The maximum atomic E-state index is 13.0. The highest BCUT2D eigenvalue weighted by Gasteiger charge is 2.60. The average Bonchev–Trinajstić information content (AvgIpc) is 2.00. The van der Waals surface area contributed by atoms with Crippen molar-refractivity contribution in [3.8, 4) is 0 Å². The fourth-order valence-corrected chi connectivity index (χ4v) is 1.26. The van der Waals surface area contributed by atoms with E-state index >= 15 is 0 Å². The first-order valence-electron chi connectivity index (χ1n) is 3.98. The molecule has 6 heteroatoms. The van der Waals surface area contributed by atoms with Gasteiger partial charge in [0.15, 0.2) is 0 Å². The van der Waals surface area contributed by atoms with Gasteiger partial charge < -0.3 is 5.73 Å². The van der Waals surface area contributed by atoms with Crippen LogP contribution in [0, 0.1) is 6.92 Å². The van der Waals surface area contributed by atoms with Gasteiger partial charge in [0.25, 0.3) is 0 Å². The fourth-order valence-electron chi connectivity index (χ4n) is 1.26. The second-order valence-corrected chi connectivity index (χ2v) is 3.11. The summed E-state index contributed by atoms with van der Waals surface area (Å²) >= 11 is 0. The molecule has 2 N–H and O–H groups in total. The lowest BCUT2D eigenvalue weighted by molar-refractivity contribution is -0.289. The highest BCUT2D eigenvalue weighted by atomic mass is 19.4. The number of nitrogens with two attached hydrogens (primary N) is 1. The Balaban J connectivity index is 3.39. The summed E-state index contributed by atoms with van der Waals surface area (Å²) in [5, 5.41) is 0. The largest absolute Gasteiger partial charge is 0.458 e. The second kappa shape index (κ2) is 3.36. The van der Waals surface area contributed by atoms with Gasteiger partial charge in [-0.05, 0) is 18.6 Å². The molecule has 0 aromatic heterocycles. The monoisotopic (exact) mass is 225 g/mol. The molecule has 0 bridgehead atoms. The molecule has 0 unspecified atom stereocenters. The number of anilines is 1. The summed E-state index contributed by atoms with van der Waals surface area (Å²) in [5.74, 6) is -4.91. The lowest BCUT2D eigenvalue weighted by Crippen LogP contribution is -2.35. The lowest BCUT2D eigenvalue weighted by Gasteiger charge is -2.22. The van der Waals surface area contributed by atoms with Gasteiger partial charge >= 0.3 is 12.1 Å². The molecule has 0 heterocycles. The van der Waals surface area contributed by atoms with Crippen molar-refractivity contribution in [2.45, 2.75) is 19.0 Å². The van der Waals surface area contributed by atoms with Gasteiger partial charge in [-0.3, -0.25) is 0 Å². The first-order chi connectivity index (χ1) is 6.68. The van der Waals surface area contributed by atoms with Crippen molar-refractivity contribution in [1.29, 1.82) is 0 Å². The van der Waals surface area contributed by atoms with E-state index in [1.165, 1.54) is 6.07 Å². The molecular weight excluding hydrogens is 217 g/mol. The molecule has 1 aromatic carbocycles. The van der Waals surface area contributed by atoms with Crippen LogP contribution in [0.2, 0.25) is 0 Å². The van der Waals surface area contributed by atoms with Crippen LogP contribution in [0.5, 0.6) is 0 Å². The minimum absolute atomic E-state index is 0.183. The molecule has 0 fully saturated rings. The summed E-state index contributed by atoms with van der Waals surface area (Å²) in [6.07, 6.45) is -5.63. The van der Waals surface area contributed by atoms with Crippen LogP contribution in [-0.4, -0.2) is 6.18 Å². The second-order valence-electron chi connectivity index (χ2n) is 3.11. The number of hydrogen-bond acceptors (Lipinski definition) is 1. The molecule has 0 aliphatic heterocycles. The van der Waals surface area contributed by atoms with Crippen molar-refractivity contribution in [1.82, 2.24) is 0 Å².